The molecule has 3 heteroatoms. The lowest BCUT2D eigenvalue weighted by atomic mass is 10.1. The molecule has 0 fully saturated rings. The lowest BCUT2D eigenvalue weighted by Crippen LogP contribution is -2.15. The van der Waals surface area contributed by atoms with E-state index in [2.05, 4.69) is 5.32 Å². The average molecular weight is 195 g/mol. The molecule has 1 aromatic carbocycles. The molecule has 0 unspecified atom stereocenters. The zero-order valence-electron chi connectivity index (χ0n) is 8.45. The van der Waals surface area contributed by atoms with Gasteiger partial charge in [0.05, 0.1) is 0 Å². The molecule has 0 aliphatic heterocycles. The Balaban J connectivity index is 2.45. The zero-order valence-corrected chi connectivity index (χ0v) is 8.45. The van der Waals surface area contributed by atoms with Gasteiger partial charge in [0.2, 0.25) is 0 Å². The number of hydrogen-bond donors (Lipinski definition) is 3. The first-order chi connectivity index (χ1) is 6.74. The van der Waals surface area contributed by atoms with Crippen LogP contribution < -0.4 is 5.32 Å². The van der Waals surface area contributed by atoms with Gasteiger partial charge in [-0.3, -0.25) is 0 Å². The first kappa shape index (κ1) is 11.0. The molecular formula is C11H17NO2. The Morgan fingerprint density at radius 1 is 1.36 bits per heavy atom. The summed E-state index contributed by atoms with van der Waals surface area (Å²) >= 11 is 0. The predicted octanol–water partition coefficient (Wildman–Crippen LogP) is 1.17. The highest BCUT2D eigenvalue weighted by atomic mass is 16.3. The van der Waals surface area contributed by atoms with Crippen LogP contribution in [0.15, 0.2) is 18.2 Å². The Kier molecular flexibility index (Phi) is 4.43. The van der Waals surface area contributed by atoms with Crippen molar-refractivity contribution in [3.8, 4) is 5.75 Å². The van der Waals surface area contributed by atoms with Crippen LogP contribution in [-0.2, 0) is 6.54 Å². The maximum atomic E-state index is 9.50. The van der Waals surface area contributed by atoms with Crippen LogP contribution in [0.2, 0.25) is 0 Å². The molecule has 0 bridgehead atoms. The lowest BCUT2D eigenvalue weighted by Gasteiger charge is -2.06. The Labute approximate surface area is 84.4 Å². The molecule has 3 nitrogen and oxygen atoms in total. The standard InChI is InChI=1S/C11H17NO2/c1-9-3-4-11(14)10(7-9)8-12-5-2-6-13/h3-4,7,12-14H,2,5-6,8H2,1H3. The second-order valence-corrected chi connectivity index (χ2v) is 3.39. The summed E-state index contributed by atoms with van der Waals surface area (Å²) in [6, 6.07) is 5.55. The molecule has 0 heterocycles. The van der Waals surface area contributed by atoms with Gasteiger partial charge in [-0.05, 0) is 26.0 Å². The Morgan fingerprint density at radius 2 is 2.14 bits per heavy atom. The molecule has 1 rings (SSSR count). The van der Waals surface area contributed by atoms with Crippen LogP contribution in [0, 0.1) is 6.92 Å². The highest BCUT2D eigenvalue weighted by Crippen LogP contribution is 2.17. The van der Waals surface area contributed by atoms with Crippen LogP contribution in [0.5, 0.6) is 5.75 Å². The minimum atomic E-state index is 0.201. The first-order valence-corrected chi connectivity index (χ1v) is 4.84. The van der Waals surface area contributed by atoms with E-state index in [0.29, 0.717) is 12.3 Å². The van der Waals surface area contributed by atoms with E-state index in [1.54, 1.807) is 6.07 Å². The molecule has 0 aliphatic carbocycles. The molecule has 0 aliphatic rings. The van der Waals surface area contributed by atoms with Crippen molar-refractivity contribution in [2.24, 2.45) is 0 Å². The van der Waals surface area contributed by atoms with Gasteiger partial charge < -0.3 is 15.5 Å². The third-order valence-electron chi connectivity index (χ3n) is 2.06. The Hall–Kier alpha value is -1.06. The summed E-state index contributed by atoms with van der Waals surface area (Å²) in [4.78, 5) is 0. The number of hydrogen-bond acceptors (Lipinski definition) is 3. The van der Waals surface area contributed by atoms with Gasteiger partial charge in [-0.2, -0.15) is 0 Å². The van der Waals surface area contributed by atoms with Crippen LogP contribution in [0.25, 0.3) is 0 Å². The second kappa shape index (κ2) is 5.62. The van der Waals surface area contributed by atoms with Crippen molar-refractivity contribution >= 4 is 0 Å². The third kappa shape index (κ3) is 3.36. The van der Waals surface area contributed by atoms with Crippen molar-refractivity contribution in [3.63, 3.8) is 0 Å². The van der Waals surface area contributed by atoms with Crippen LogP contribution in [0.1, 0.15) is 17.5 Å². The van der Waals surface area contributed by atoms with Gasteiger partial charge in [0, 0.05) is 18.7 Å². The van der Waals surface area contributed by atoms with E-state index in [0.717, 1.165) is 24.1 Å². The summed E-state index contributed by atoms with van der Waals surface area (Å²) in [5.41, 5.74) is 2.05. The van der Waals surface area contributed by atoms with E-state index < -0.39 is 0 Å². The molecule has 0 atom stereocenters. The minimum absolute atomic E-state index is 0.201. The third-order valence-corrected chi connectivity index (χ3v) is 2.06. The van der Waals surface area contributed by atoms with E-state index in [1.165, 1.54) is 0 Å². The van der Waals surface area contributed by atoms with Crippen molar-refractivity contribution in [2.45, 2.75) is 19.9 Å². The normalized spacial score (nSPS) is 10.4. The highest BCUT2D eigenvalue weighted by molar-refractivity contribution is 5.35. The van der Waals surface area contributed by atoms with E-state index in [1.807, 2.05) is 19.1 Å². The Morgan fingerprint density at radius 3 is 2.86 bits per heavy atom. The van der Waals surface area contributed by atoms with Gasteiger partial charge in [-0.25, -0.2) is 0 Å². The molecule has 0 saturated carbocycles. The summed E-state index contributed by atoms with van der Waals surface area (Å²) < 4.78 is 0. The van der Waals surface area contributed by atoms with Crippen LogP contribution >= 0.6 is 0 Å². The number of aromatic hydroxyl groups is 1. The number of aliphatic hydroxyl groups excluding tert-OH is 1. The molecule has 78 valence electrons. The average Bonchev–Trinajstić information content (AvgIpc) is 2.18. The van der Waals surface area contributed by atoms with Crippen LogP contribution in [0.3, 0.4) is 0 Å². The molecule has 14 heavy (non-hydrogen) atoms. The van der Waals surface area contributed by atoms with E-state index in [4.69, 9.17) is 5.11 Å². The number of phenols is 1. The molecule has 1 aromatic rings. The molecular weight excluding hydrogens is 178 g/mol. The Bertz CT molecular complexity index is 287. The van der Waals surface area contributed by atoms with Crippen molar-refractivity contribution in [1.29, 1.82) is 0 Å². The number of nitrogens with one attached hydrogen (secondary N) is 1. The molecule has 0 aromatic heterocycles. The number of benzene rings is 1. The summed E-state index contributed by atoms with van der Waals surface area (Å²) in [6.07, 6.45) is 0.743. The maximum absolute atomic E-state index is 9.50. The largest absolute Gasteiger partial charge is 0.508 e. The van der Waals surface area contributed by atoms with Gasteiger partial charge in [0.15, 0.2) is 0 Å². The predicted molar refractivity (Wildman–Crippen MR) is 56.3 cm³/mol. The van der Waals surface area contributed by atoms with Crippen LogP contribution in [0.4, 0.5) is 0 Å². The van der Waals surface area contributed by atoms with E-state index in [-0.39, 0.29) is 6.61 Å². The lowest BCUT2D eigenvalue weighted by molar-refractivity contribution is 0.286. The van der Waals surface area contributed by atoms with Crippen LogP contribution in [-0.4, -0.2) is 23.4 Å². The molecule has 3 N–H and O–H groups in total. The highest BCUT2D eigenvalue weighted by Gasteiger charge is 1.99. The van der Waals surface area contributed by atoms with E-state index >= 15 is 0 Å². The summed E-state index contributed by atoms with van der Waals surface area (Å²) in [7, 11) is 0. The topological polar surface area (TPSA) is 52.5 Å². The van der Waals surface area contributed by atoms with Gasteiger partial charge in [-0.15, -0.1) is 0 Å². The SMILES string of the molecule is Cc1ccc(O)c(CNCCCO)c1. The monoisotopic (exact) mass is 195 g/mol. The smallest absolute Gasteiger partial charge is 0.120 e. The number of aryl methyl sites for hydroxylation is 1. The van der Waals surface area contributed by atoms with Gasteiger partial charge >= 0.3 is 0 Å². The first-order valence-electron chi connectivity index (χ1n) is 4.84. The summed E-state index contributed by atoms with van der Waals surface area (Å²) in [5.74, 6) is 0.326. The fourth-order valence-electron chi connectivity index (χ4n) is 1.28. The maximum Gasteiger partial charge on any atom is 0.120 e. The molecule has 0 radical (unpaired) electrons. The second-order valence-electron chi connectivity index (χ2n) is 3.39. The van der Waals surface area contributed by atoms with Gasteiger partial charge in [-0.1, -0.05) is 17.7 Å². The minimum Gasteiger partial charge on any atom is -0.508 e. The van der Waals surface area contributed by atoms with Gasteiger partial charge in [0.1, 0.15) is 5.75 Å². The fraction of sp³-hybridized carbons (Fsp3) is 0.455. The molecule has 0 spiro atoms. The van der Waals surface area contributed by atoms with Crippen molar-refractivity contribution in [3.05, 3.63) is 29.3 Å². The number of aliphatic hydroxyl groups is 1. The fourth-order valence-corrected chi connectivity index (χ4v) is 1.28. The molecule has 0 saturated heterocycles. The number of phenolic OH excluding ortho intramolecular Hbond substituents is 1. The summed E-state index contributed by atoms with van der Waals surface area (Å²) in [5, 5.41) is 21.2. The summed E-state index contributed by atoms with van der Waals surface area (Å²) in [6.45, 7) is 3.61. The quantitative estimate of drug-likeness (QED) is 0.618. The van der Waals surface area contributed by atoms with Crippen molar-refractivity contribution in [2.75, 3.05) is 13.2 Å². The van der Waals surface area contributed by atoms with Gasteiger partial charge in [0.25, 0.3) is 0 Å². The van der Waals surface area contributed by atoms with E-state index in [9.17, 15) is 5.11 Å². The van der Waals surface area contributed by atoms with Crippen molar-refractivity contribution < 1.29 is 10.2 Å². The zero-order chi connectivity index (χ0) is 10.4. The van der Waals surface area contributed by atoms with Crippen molar-refractivity contribution in [1.82, 2.24) is 5.32 Å². The number of rotatable bonds is 5. The molecule has 0 amide bonds.